The van der Waals surface area contributed by atoms with Crippen LogP contribution < -0.4 is 10.9 Å². The summed E-state index contributed by atoms with van der Waals surface area (Å²) < 4.78 is 1.43. The highest BCUT2D eigenvalue weighted by molar-refractivity contribution is 7.20. The zero-order chi connectivity index (χ0) is 18.3. The van der Waals surface area contributed by atoms with Gasteiger partial charge in [-0.3, -0.25) is 9.59 Å². The zero-order valence-corrected chi connectivity index (χ0v) is 15.8. The second kappa shape index (κ2) is 6.44. The molecule has 6 heteroatoms. The number of nitrogens with one attached hydrogen (secondary N) is 1. The number of hydrogen-bond donors (Lipinski definition) is 1. The number of nitrogens with zero attached hydrogens (tertiary/aromatic N) is 2. The van der Waals surface area contributed by atoms with Crippen LogP contribution in [0.2, 0.25) is 0 Å². The second-order valence-electron chi connectivity index (χ2n) is 6.54. The van der Waals surface area contributed by atoms with E-state index in [2.05, 4.69) is 24.1 Å². The number of thiophene rings is 1. The summed E-state index contributed by atoms with van der Waals surface area (Å²) >= 11 is 1.26. The zero-order valence-electron chi connectivity index (χ0n) is 15.0. The average Bonchev–Trinajstić information content (AvgIpc) is 2.90. The lowest BCUT2D eigenvalue weighted by atomic mass is 9.98. The molecule has 0 atom stereocenters. The fraction of sp³-hybridized carbons (Fsp3) is 0.316. The van der Waals surface area contributed by atoms with Crippen molar-refractivity contribution in [2.45, 2.75) is 33.6 Å². The van der Waals surface area contributed by atoms with E-state index in [1.165, 1.54) is 22.2 Å². The number of fused-ring (bicyclic) bond motifs is 1. The van der Waals surface area contributed by atoms with Crippen LogP contribution in [0.4, 0.5) is 5.69 Å². The van der Waals surface area contributed by atoms with E-state index in [4.69, 9.17) is 0 Å². The van der Waals surface area contributed by atoms with Crippen molar-refractivity contribution >= 4 is 33.1 Å². The predicted octanol–water partition coefficient (Wildman–Crippen LogP) is 3.99. The van der Waals surface area contributed by atoms with Gasteiger partial charge in [-0.2, -0.15) is 0 Å². The van der Waals surface area contributed by atoms with E-state index in [1.54, 1.807) is 14.0 Å². The van der Waals surface area contributed by atoms with Crippen molar-refractivity contribution in [1.29, 1.82) is 0 Å². The molecule has 0 saturated heterocycles. The fourth-order valence-corrected chi connectivity index (χ4v) is 3.97. The maximum Gasteiger partial charge on any atom is 0.266 e. The molecule has 5 nitrogen and oxygen atoms in total. The summed E-state index contributed by atoms with van der Waals surface area (Å²) in [5.41, 5.74) is 3.52. The molecule has 2 aromatic heterocycles. The van der Waals surface area contributed by atoms with Crippen molar-refractivity contribution in [3.05, 3.63) is 56.4 Å². The maximum absolute atomic E-state index is 12.9. The molecule has 130 valence electrons. The topological polar surface area (TPSA) is 64.0 Å². The van der Waals surface area contributed by atoms with Crippen LogP contribution in [0.25, 0.3) is 10.2 Å². The van der Waals surface area contributed by atoms with Crippen LogP contribution in [0.5, 0.6) is 0 Å². The number of rotatable bonds is 3. The van der Waals surface area contributed by atoms with E-state index in [1.807, 2.05) is 25.1 Å². The number of aryl methyl sites for hydroxylation is 3. The summed E-state index contributed by atoms with van der Waals surface area (Å²) in [4.78, 5) is 30.6. The second-order valence-corrected chi connectivity index (χ2v) is 7.54. The number of carbonyl (C=O) groups is 1. The van der Waals surface area contributed by atoms with Crippen LogP contribution in [0, 0.1) is 13.8 Å². The van der Waals surface area contributed by atoms with Gasteiger partial charge in [-0.1, -0.05) is 32.0 Å². The Labute approximate surface area is 150 Å². The van der Waals surface area contributed by atoms with Gasteiger partial charge in [0.05, 0.1) is 16.6 Å². The summed E-state index contributed by atoms with van der Waals surface area (Å²) in [7, 11) is 1.66. The van der Waals surface area contributed by atoms with E-state index in [-0.39, 0.29) is 11.5 Å². The number of aromatic nitrogens is 2. The number of carbonyl (C=O) groups excluding carboxylic acids is 1. The molecule has 0 aliphatic heterocycles. The van der Waals surface area contributed by atoms with Crippen molar-refractivity contribution < 1.29 is 4.79 Å². The molecule has 3 aromatic rings. The van der Waals surface area contributed by atoms with E-state index in [0.29, 0.717) is 26.6 Å². The smallest absolute Gasteiger partial charge is 0.266 e. The first-order valence-electron chi connectivity index (χ1n) is 8.16. The molecule has 0 aliphatic rings. The molecule has 0 bridgehead atoms. The van der Waals surface area contributed by atoms with Crippen LogP contribution >= 0.6 is 11.3 Å². The lowest BCUT2D eigenvalue weighted by Gasteiger charge is -2.16. The van der Waals surface area contributed by atoms with Gasteiger partial charge in [-0.05, 0) is 36.5 Å². The van der Waals surface area contributed by atoms with Crippen LogP contribution in [0.3, 0.4) is 0 Å². The maximum atomic E-state index is 12.9. The van der Waals surface area contributed by atoms with E-state index in [9.17, 15) is 9.59 Å². The molecule has 0 saturated carbocycles. The Hall–Kier alpha value is -2.47. The number of benzene rings is 1. The molecule has 1 amide bonds. The Morgan fingerprint density at radius 2 is 2.00 bits per heavy atom. The highest BCUT2D eigenvalue weighted by Gasteiger charge is 2.20. The summed E-state index contributed by atoms with van der Waals surface area (Å²) in [6, 6.07) is 6.01. The predicted molar refractivity (Wildman–Crippen MR) is 103 cm³/mol. The SMILES string of the molecule is Cc1cccc(C(C)C)c1NC(=O)c1sc2ncn(C)c(=O)c2c1C. The normalized spacial score (nSPS) is 11.3. The molecule has 25 heavy (non-hydrogen) atoms. The molecule has 0 aliphatic carbocycles. The van der Waals surface area contributed by atoms with Gasteiger partial charge >= 0.3 is 0 Å². The lowest BCUT2D eigenvalue weighted by Crippen LogP contribution is -2.17. The molecule has 0 radical (unpaired) electrons. The third kappa shape index (κ3) is 2.98. The average molecular weight is 355 g/mol. The van der Waals surface area contributed by atoms with E-state index < -0.39 is 0 Å². The van der Waals surface area contributed by atoms with Gasteiger partial charge in [0.1, 0.15) is 4.83 Å². The number of para-hydroxylation sites is 1. The summed E-state index contributed by atoms with van der Waals surface area (Å²) in [5, 5.41) is 3.57. The molecule has 1 aromatic carbocycles. The van der Waals surface area contributed by atoms with Gasteiger partial charge < -0.3 is 9.88 Å². The minimum Gasteiger partial charge on any atom is -0.321 e. The Balaban J connectivity index is 2.07. The summed E-state index contributed by atoms with van der Waals surface area (Å²) in [5.74, 6) is 0.103. The highest BCUT2D eigenvalue weighted by atomic mass is 32.1. The third-order valence-corrected chi connectivity index (χ3v) is 5.58. The summed E-state index contributed by atoms with van der Waals surface area (Å²) in [6.45, 7) is 7.99. The molecule has 2 heterocycles. The highest BCUT2D eigenvalue weighted by Crippen LogP contribution is 2.31. The van der Waals surface area contributed by atoms with Gasteiger partial charge in [0, 0.05) is 12.7 Å². The van der Waals surface area contributed by atoms with Gasteiger partial charge in [0.15, 0.2) is 0 Å². The van der Waals surface area contributed by atoms with Crippen molar-refractivity contribution in [3.8, 4) is 0 Å². The Bertz CT molecular complexity index is 1030. The van der Waals surface area contributed by atoms with Crippen LogP contribution in [0.15, 0.2) is 29.3 Å². The molecule has 0 unspecified atom stereocenters. The van der Waals surface area contributed by atoms with Gasteiger partial charge in [-0.15, -0.1) is 11.3 Å². The number of amides is 1. The first-order valence-corrected chi connectivity index (χ1v) is 8.98. The van der Waals surface area contributed by atoms with Crippen LogP contribution in [0.1, 0.15) is 46.1 Å². The first kappa shape index (κ1) is 17.4. The van der Waals surface area contributed by atoms with E-state index in [0.717, 1.165) is 16.8 Å². The minimum atomic E-state index is -0.196. The fourth-order valence-electron chi connectivity index (χ4n) is 2.94. The third-order valence-electron chi connectivity index (χ3n) is 4.38. The molecular weight excluding hydrogens is 334 g/mol. The lowest BCUT2D eigenvalue weighted by molar-refractivity contribution is 0.103. The number of anilines is 1. The first-order chi connectivity index (χ1) is 11.8. The van der Waals surface area contributed by atoms with Gasteiger partial charge in [-0.25, -0.2) is 4.98 Å². The van der Waals surface area contributed by atoms with Crippen LogP contribution in [-0.2, 0) is 7.05 Å². The molecule has 0 spiro atoms. The van der Waals surface area contributed by atoms with Crippen molar-refractivity contribution in [3.63, 3.8) is 0 Å². The van der Waals surface area contributed by atoms with Crippen molar-refractivity contribution in [1.82, 2.24) is 9.55 Å². The van der Waals surface area contributed by atoms with Crippen molar-refractivity contribution in [2.24, 2.45) is 7.05 Å². The minimum absolute atomic E-state index is 0.128. The summed E-state index contributed by atoms with van der Waals surface area (Å²) in [6.07, 6.45) is 1.49. The van der Waals surface area contributed by atoms with Crippen molar-refractivity contribution in [2.75, 3.05) is 5.32 Å². The number of hydrogen-bond acceptors (Lipinski definition) is 4. The Kier molecular flexibility index (Phi) is 4.47. The van der Waals surface area contributed by atoms with Gasteiger partial charge in [0.25, 0.3) is 11.5 Å². The Morgan fingerprint density at radius 3 is 2.68 bits per heavy atom. The van der Waals surface area contributed by atoms with E-state index >= 15 is 0 Å². The van der Waals surface area contributed by atoms with Gasteiger partial charge in [0.2, 0.25) is 0 Å². The Morgan fingerprint density at radius 1 is 1.28 bits per heavy atom. The molecule has 1 N–H and O–H groups in total. The quantitative estimate of drug-likeness (QED) is 0.773. The monoisotopic (exact) mass is 355 g/mol. The standard InChI is InChI=1S/C19H21N3O2S/c1-10(2)13-8-6-7-11(3)15(13)21-17(23)16-12(4)14-18(25-16)20-9-22(5)19(14)24/h6-10H,1-5H3,(H,21,23). The largest absolute Gasteiger partial charge is 0.321 e. The molecule has 3 rings (SSSR count). The van der Waals surface area contributed by atoms with Crippen LogP contribution in [-0.4, -0.2) is 15.5 Å². The molecular formula is C19H21N3O2S. The molecule has 0 fully saturated rings.